The van der Waals surface area contributed by atoms with Crippen LogP contribution in [0.2, 0.25) is 0 Å². The zero-order valence-electron chi connectivity index (χ0n) is 15.9. The highest BCUT2D eigenvalue weighted by Crippen LogP contribution is 2.25. The van der Waals surface area contributed by atoms with Gasteiger partial charge in [0.05, 0.1) is 17.5 Å². The van der Waals surface area contributed by atoms with Crippen molar-refractivity contribution in [1.29, 1.82) is 0 Å². The first-order valence-corrected chi connectivity index (χ1v) is 9.71. The summed E-state index contributed by atoms with van der Waals surface area (Å²) in [5.41, 5.74) is 3.67. The number of phenols is 1. The average molecular weight is 391 g/mol. The summed E-state index contributed by atoms with van der Waals surface area (Å²) >= 11 is 0. The monoisotopic (exact) mass is 391 g/mol. The zero-order chi connectivity index (χ0) is 20.2. The second-order valence-corrected chi connectivity index (χ2v) is 7.17. The molecule has 0 atom stereocenters. The molecule has 0 spiro atoms. The fourth-order valence-electron chi connectivity index (χ4n) is 3.63. The summed E-state index contributed by atoms with van der Waals surface area (Å²) in [5.74, 6) is -0.947. The van der Waals surface area contributed by atoms with Gasteiger partial charge in [-0.3, -0.25) is 4.79 Å². The standard InChI is InChI=1S/C23H22FN3O2/c24-20-12-16(8-9-21(20)27-10-4-1-5-11-27)15-25-26-23(29)19-13-17-6-2-3-7-18(17)14-22(19)28/h2-3,6-9,12-15,28H,1,4-5,10-11H2,(H,26,29). The molecule has 0 saturated carbocycles. The number of hydrogen-bond donors (Lipinski definition) is 2. The summed E-state index contributed by atoms with van der Waals surface area (Å²) in [7, 11) is 0. The van der Waals surface area contributed by atoms with E-state index < -0.39 is 5.91 Å². The lowest BCUT2D eigenvalue weighted by molar-refractivity contribution is 0.0952. The van der Waals surface area contributed by atoms with Crippen molar-refractivity contribution in [2.24, 2.45) is 5.10 Å². The molecule has 0 aliphatic carbocycles. The van der Waals surface area contributed by atoms with E-state index in [0.717, 1.165) is 36.7 Å². The van der Waals surface area contributed by atoms with Gasteiger partial charge in [-0.2, -0.15) is 5.10 Å². The number of hydrogen-bond acceptors (Lipinski definition) is 4. The van der Waals surface area contributed by atoms with Crippen molar-refractivity contribution < 1.29 is 14.3 Å². The molecular formula is C23H22FN3O2. The van der Waals surface area contributed by atoms with Crippen LogP contribution in [-0.4, -0.2) is 30.3 Å². The number of halogens is 1. The van der Waals surface area contributed by atoms with E-state index in [-0.39, 0.29) is 17.1 Å². The molecule has 1 saturated heterocycles. The van der Waals surface area contributed by atoms with Gasteiger partial charge in [-0.05, 0) is 59.9 Å². The van der Waals surface area contributed by atoms with Crippen LogP contribution < -0.4 is 10.3 Å². The fourth-order valence-corrected chi connectivity index (χ4v) is 3.63. The predicted octanol–water partition coefficient (Wildman–Crippen LogP) is 4.44. The average Bonchev–Trinajstić information content (AvgIpc) is 2.74. The minimum atomic E-state index is -0.532. The van der Waals surface area contributed by atoms with Gasteiger partial charge in [0, 0.05) is 13.1 Å². The number of fused-ring (bicyclic) bond motifs is 1. The first-order chi connectivity index (χ1) is 14.1. The number of carbonyl (C=O) groups is 1. The van der Waals surface area contributed by atoms with E-state index in [2.05, 4.69) is 15.4 Å². The number of aromatic hydroxyl groups is 1. The Bertz CT molecular complexity index is 1070. The second kappa shape index (κ2) is 8.31. The first kappa shape index (κ1) is 18.9. The van der Waals surface area contributed by atoms with Crippen LogP contribution in [0.1, 0.15) is 35.2 Å². The van der Waals surface area contributed by atoms with Gasteiger partial charge in [-0.1, -0.05) is 30.3 Å². The van der Waals surface area contributed by atoms with E-state index in [1.807, 2.05) is 24.3 Å². The molecule has 148 valence electrons. The molecule has 3 aromatic rings. The maximum Gasteiger partial charge on any atom is 0.275 e. The van der Waals surface area contributed by atoms with E-state index in [1.54, 1.807) is 24.3 Å². The van der Waals surface area contributed by atoms with Gasteiger partial charge in [0.1, 0.15) is 11.6 Å². The summed E-state index contributed by atoms with van der Waals surface area (Å²) < 4.78 is 14.5. The van der Waals surface area contributed by atoms with Gasteiger partial charge in [-0.15, -0.1) is 0 Å². The SMILES string of the molecule is O=C(NN=Cc1ccc(N2CCCCC2)c(F)c1)c1cc2ccccc2cc1O. The molecule has 1 fully saturated rings. The molecule has 0 bridgehead atoms. The molecule has 2 N–H and O–H groups in total. The third kappa shape index (κ3) is 4.21. The highest BCUT2D eigenvalue weighted by Gasteiger charge is 2.15. The van der Waals surface area contributed by atoms with Crippen molar-refractivity contribution >= 4 is 28.6 Å². The number of carbonyl (C=O) groups excluding carboxylic acids is 1. The Kier molecular flexibility index (Phi) is 5.42. The normalized spacial score (nSPS) is 14.4. The Labute approximate surface area is 168 Å². The van der Waals surface area contributed by atoms with Crippen molar-refractivity contribution in [2.75, 3.05) is 18.0 Å². The minimum absolute atomic E-state index is 0.117. The first-order valence-electron chi connectivity index (χ1n) is 9.71. The van der Waals surface area contributed by atoms with Crippen molar-refractivity contribution in [3.8, 4) is 5.75 Å². The number of anilines is 1. The van der Waals surface area contributed by atoms with Crippen molar-refractivity contribution in [3.63, 3.8) is 0 Å². The van der Waals surface area contributed by atoms with E-state index in [1.165, 1.54) is 18.7 Å². The number of rotatable bonds is 4. The summed E-state index contributed by atoms with van der Waals surface area (Å²) in [4.78, 5) is 14.4. The molecular weight excluding hydrogens is 369 g/mol. The summed E-state index contributed by atoms with van der Waals surface area (Å²) in [6, 6.07) is 15.5. The molecule has 1 aliphatic rings. The van der Waals surface area contributed by atoms with Crippen LogP contribution in [0.4, 0.5) is 10.1 Å². The molecule has 0 radical (unpaired) electrons. The molecule has 0 aromatic heterocycles. The Hall–Kier alpha value is -3.41. The topological polar surface area (TPSA) is 64.9 Å². The zero-order valence-corrected chi connectivity index (χ0v) is 15.9. The number of amides is 1. The van der Waals surface area contributed by atoms with Gasteiger partial charge in [-0.25, -0.2) is 9.82 Å². The summed E-state index contributed by atoms with van der Waals surface area (Å²) in [6.45, 7) is 1.74. The quantitative estimate of drug-likeness (QED) is 0.511. The van der Waals surface area contributed by atoms with Gasteiger partial charge in [0.15, 0.2) is 0 Å². The Balaban J connectivity index is 1.45. The lowest BCUT2D eigenvalue weighted by atomic mass is 10.1. The van der Waals surface area contributed by atoms with Gasteiger partial charge < -0.3 is 10.0 Å². The lowest BCUT2D eigenvalue weighted by Crippen LogP contribution is -2.30. The Morgan fingerprint density at radius 1 is 1.03 bits per heavy atom. The summed E-state index contributed by atoms with van der Waals surface area (Å²) in [5, 5.41) is 15.7. The second-order valence-electron chi connectivity index (χ2n) is 7.17. The molecule has 1 aliphatic heterocycles. The van der Waals surface area contributed by atoms with E-state index in [4.69, 9.17) is 0 Å². The molecule has 4 rings (SSSR count). The Morgan fingerprint density at radius 2 is 1.76 bits per heavy atom. The van der Waals surface area contributed by atoms with Crippen LogP contribution in [0, 0.1) is 5.82 Å². The molecule has 29 heavy (non-hydrogen) atoms. The third-order valence-corrected chi connectivity index (χ3v) is 5.16. The number of phenolic OH excluding ortho intramolecular Hbond substituents is 1. The van der Waals surface area contributed by atoms with Crippen LogP contribution >= 0.6 is 0 Å². The Morgan fingerprint density at radius 3 is 2.48 bits per heavy atom. The van der Waals surface area contributed by atoms with Crippen LogP contribution in [0.25, 0.3) is 10.8 Å². The lowest BCUT2D eigenvalue weighted by Gasteiger charge is -2.29. The number of nitrogens with one attached hydrogen (secondary N) is 1. The van der Waals surface area contributed by atoms with E-state index >= 15 is 0 Å². The van der Waals surface area contributed by atoms with Crippen LogP contribution in [0.5, 0.6) is 5.75 Å². The molecule has 1 heterocycles. The van der Waals surface area contributed by atoms with E-state index in [9.17, 15) is 14.3 Å². The van der Waals surface area contributed by atoms with E-state index in [0.29, 0.717) is 11.3 Å². The summed E-state index contributed by atoms with van der Waals surface area (Å²) in [6.07, 6.45) is 4.74. The maximum atomic E-state index is 14.5. The van der Waals surface area contributed by atoms with Gasteiger partial charge >= 0.3 is 0 Å². The fraction of sp³-hybridized carbons (Fsp3) is 0.217. The molecule has 6 heteroatoms. The molecule has 0 unspecified atom stereocenters. The van der Waals surface area contributed by atoms with Crippen molar-refractivity contribution in [2.45, 2.75) is 19.3 Å². The number of benzene rings is 3. The minimum Gasteiger partial charge on any atom is -0.507 e. The number of nitrogens with zero attached hydrogens (tertiary/aromatic N) is 2. The highest BCUT2D eigenvalue weighted by atomic mass is 19.1. The maximum absolute atomic E-state index is 14.5. The van der Waals surface area contributed by atoms with Crippen LogP contribution in [0.15, 0.2) is 59.7 Å². The van der Waals surface area contributed by atoms with Gasteiger partial charge in [0.2, 0.25) is 0 Å². The third-order valence-electron chi connectivity index (χ3n) is 5.16. The largest absolute Gasteiger partial charge is 0.507 e. The van der Waals surface area contributed by atoms with Crippen LogP contribution in [-0.2, 0) is 0 Å². The molecule has 5 nitrogen and oxygen atoms in total. The van der Waals surface area contributed by atoms with Gasteiger partial charge in [0.25, 0.3) is 5.91 Å². The van der Waals surface area contributed by atoms with Crippen LogP contribution in [0.3, 0.4) is 0 Å². The smallest absolute Gasteiger partial charge is 0.275 e. The molecule has 1 amide bonds. The highest BCUT2D eigenvalue weighted by molar-refractivity contribution is 6.01. The number of piperidine rings is 1. The predicted molar refractivity (Wildman–Crippen MR) is 113 cm³/mol. The molecule has 3 aromatic carbocycles. The number of hydrazone groups is 1. The van der Waals surface area contributed by atoms with Crippen molar-refractivity contribution in [1.82, 2.24) is 5.43 Å². The van der Waals surface area contributed by atoms with Crippen molar-refractivity contribution in [3.05, 3.63) is 71.5 Å².